The summed E-state index contributed by atoms with van der Waals surface area (Å²) < 4.78 is -0.585. The maximum atomic E-state index is 13.2. The van der Waals surface area contributed by atoms with E-state index >= 15 is 0 Å². The maximum absolute atomic E-state index is 13.2. The van der Waals surface area contributed by atoms with E-state index in [1.807, 2.05) is 36.4 Å². The smallest absolute Gasteiger partial charge is 0.196 e. The summed E-state index contributed by atoms with van der Waals surface area (Å²) in [5.74, 6) is 0.0796. The molecule has 0 spiro atoms. The van der Waals surface area contributed by atoms with Crippen LogP contribution in [-0.2, 0) is 12.8 Å². The van der Waals surface area contributed by atoms with Gasteiger partial charge in [0.1, 0.15) is 0 Å². The van der Waals surface area contributed by atoms with Gasteiger partial charge in [0.05, 0.1) is 20.1 Å². The number of fused-ring (bicyclic) bond motifs is 3. The van der Waals surface area contributed by atoms with E-state index in [1.165, 1.54) is 0 Å². The number of hydrogen-bond donors (Lipinski definition) is 1. The second kappa shape index (κ2) is 5.91. The fraction of sp³-hybridized carbons (Fsp3) is 0.211. The first-order valence-electron chi connectivity index (χ1n) is 7.76. The summed E-state index contributed by atoms with van der Waals surface area (Å²) in [4.78, 5) is 16.4. The molecule has 1 unspecified atom stereocenters. The number of rotatable bonds is 2. The van der Waals surface area contributed by atoms with Crippen LogP contribution in [0.5, 0.6) is 0 Å². The van der Waals surface area contributed by atoms with Crippen molar-refractivity contribution in [1.82, 2.24) is 4.98 Å². The maximum Gasteiger partial charge on any atom is 0.196 e. The van der Waals surface area contributed by atoms with E-state index in [-0.39, 0.29) is 5.78 Å². The van der Waals surface area contributed by atoms with E-state index in [1.54, 1.807) is 6.07 Å². The Bertz CT molecular complexity index is 951. The van der Waals surface area contributed by atoms with Crippen LogP contribution in [0.25, 0.3) is 10.9 Å². The highest BCUT2D eigenvalue weighted by atomic mass is 79.9. The monoisotopic (exact) mass is 421 g/mol. The normalized spacial score (nSPS) is 20.4. The first-order chi connectivity index (χ1) is 11.5. The molecule has 0 saturated carbocycles. The van der Waals surface area contributed by atoms with E-state index in [4.69, 9.17) is 23.2 Å². The van der Waals surface area contributed by atoms with Gasteiger partial charge in [0, 0.05) is 10.9 Å². The molecule has 24 heavy (non-hydrogen) atoms. The Kier molecular flexibility index (Phi) is 3.98. The van der Waals surface area contributed by atoms with Crippen LogP contribution in [0.2, 0.25) is 10.0 Å². The average Bonchev–Trinajstić information content (AvgIpc) is 2.96. The van der Waals surface area contributed by atoms with Crippen molar-refractivity contribution in [2.24, 2.45) is 0 Å². The van der Waals surface area contributed by atoms with Gasteiger partial charge in [-0.05, 0) is 42.5 Å². The lowest BCUT2D eigenvalue weighted by Gasteiger charge is -2.30. The lowest BCUT2D eigenvalue weighted by molar-refractivity contribution is 0.0927. The molecule has 1 aliphatic rings. The molecule has 0 radical (unpaired) electrons. The molecule has 1 heterocycles. The van der Waals surface area contributed by atoms with Crippen molar-refractivity contribution >= 4 is 55.8 Å². The zero-order valence-electron chi connectivity index (χ0n) is 12.7. The predicted molar refractivity (Wildman–Crippen MR) is 103 cm³/mol. The number of aromatic nitrogens is 1. The topological polar surface area (TPSA) is 32.9 Å². The van der Waals surface area contributed by atoms with Gasteiger partial charge in [-0.15, -0.1) is 0 Å². The zero-order valence-corrected chi connectivity index (χ0v) is 15.8. The number of ketones is 1. The van der Waals surface area contributed by atoms with E-state index in [0.717, 1.165) is 34.9 Å². The van der Waals surface area contributed by atoms with Gasteiger partial charge in [-0.2, -0.15) is 0 Å². The molecule has 4 rings (SSSR count). The molecule has 1 aromatic heterocycles. The largest absolute Gasteiger partial charge is 0.352 e. The van der Waals surface area contributed by atoms with Gasteiger partial charge in [0.15, 0.2) is 5.78 Å². The van der Waals surface area contributed by atoms with E-state index in [2.05, 4.69) is 20.9 Å². The fourth-order valence-electron chi connectivity index (χ4n) is 3.48. The lowest BCUT2D eigenvalue weighted by Crippen LogP contribution is -2.39. The molecule has 5 heteroatoms. The quantitative estimate of drug-likeness (QED) is 0.506. The lowest BCUT2D eigenvalue weighted by atomic mass is 9.82. The molecular formula is C19H14BrCl2NO. The molecule has 0 amide bonds. The highest BCUT2D eigenvalue weighted by Gasteiger charge is 2.42. The number of alkyl halides is 1. The number of H-pyrrole nitrogens is 1. The van der Waals surface area contributed by atoms with Crippen molar-refractivity contribution < 1.29 is 4.79 Å². The molecule has 0 bridgehead atoms. The molecule has 2 nitrogen and oxygen atoms in total. The highest BCUT2D eigenvalue weighted by Crippen LogP contribution is 2.43. The third-order valence-electron chi connectivity index (χ3n) is 4.69. The molecule has 0 fully saturated rings. The van der Waals surface area contributed by atoms with Gasteiger partial charge < -0.3 is 4.98 Å². The van der Waals surface area contributed by atoms with Gasteiger partial charge in [0.25, 0.3) is 0 Å². The van der Waals surface area contributed by atoms with Crippen LogP contribution in [0, 0.1) is 0 Å². The number of Topliss-reactive ketones (excluding diaryl/α,β-unsaturated/α-hetero) is 1. The minimum absolute atomic E-state index is 0.0796. The number of benzene rings is 2. The molecule has 1 atom stereocenters. The number of nitrogens with one attached hydrogen (secondary N) is 1. The highest BCUT2D eigenvalue weighted by molar-refractivity contribution is 9.10. The Morgan fingerprint density at radius 1 is 1.12 bits per heavy atom. The summed E-state index contributed by atoms with van der Waals surface area (Å²) in [5, 5.41) is 1.91. The van der Waals surface area contributed by atoms with Gasteiger partial charge in [-0.3, -0.25) is 4.79 Å². The second-order valence-corrected chi connectivity index (χ2v) is 8.52. The summed E-state index contributed by atoms with van der Waals surface area (Å²) >= 11 is 16.3. The molecule has 1 N–H and O–H groups in total. The van der Waals surface area contributed by atoms with Crippen LogP contribution in [0.3, 0.4) is 0 Å². The van der Waals surface area contributed by atoms with Crippen molar-refractivity contribution in [3.63, 3.8) is 0 Å². The van der Waals surface area contributed by atoms with Crippen LogP contribution in [0.1, 0.15) is 28.0 Å². The Labute approximate surface area is 158 Å². The van der Waals surface area contributed by atoms with Gasteiger partial charge in [0.2, 0.25) is 0 Å². The summed E-state index contributed by atoms with van der Waals surface area (Å²) in [6.07, 6.45) is 2.17. The van der Waals surface area contributed by atoms with Crippen LogP contribution < -0.4 is 0 Å². The first kappa shape index (κ1) is 16.2. The molecule has 0 aliphatic heterocycles. The molecule has 122 valence electrons. The van der Waals surface area contributed by atoms with E-state index in [0.29, 0.717) is 22.2 Å². The van der Waals surface area contributed by atoms with Crippen LogP contribution in [0.15, 0.2) is 42.5 Å². The van der Waals surface area contributed by atoms with Crippen molar-refractivity contribution in [3.8, 4) is 0 Å². The van der Waals surface area contributed by atoms with E-state index < -0.39 is 4.32 Å². The van der Waals surface area contributed by atoms with Crippen molar-refractivity contribution in [2.75, 3.05) is 0 Å². The molecular weight excluding hydrogens is 409 g/mol. The summed E-state index contributed by atoms with van der Waals surface area (Å²) in [5.41, 5.74) is 3.63. The average molecular weight is 423 g/mol. The van der Waals surface area contributed by atoms with Crippen LogP contribution in [0.4, 0.5) is 0 Å². The molecule has 1 aliphatic carbocycles. The number of aryl methyl sites for hydroxylation is 1. The van der Waals surface area contributed by atoms with E-state index in [9.17, 15) is 4.79 Å². The number of carbonyl (C=O) groups is 1. The number of halogens is 3. The number of carbonyl (C=O) groups excluding carboxylic acids is 1. The summed E-state index contributed by atoms with van der Waals surface area (Å²) in [6.45, 7) is 0. The van der Waals surface area contributed by atoms with Crippen molar-refractivity contribution in [3.05, 3.63) is 69.3 Å². The van der Waals surface area contributed by atoms with Gasteiger partial charge in [-0.25, -0.2) is 0 Å². The number of aromatic amines is 1. The molecule has 3 aromatic rings. The molecule has 2 aromatic carbocycles. The Morgan fingerprint density at radius 3 is 2.62 bits per heavy atom. The first-order valence-corrected chi connectivity index (χ1v) is 9.31. The van der Waals surface area contributed by atoms with Crippen LogP contribution in [-0.4, -0.2) is 15.1 Å². The number of hydrogen-bond acceptors (Lipinski definition) is 1. The fourth-order valence-corrected chi connectivity index (χ4v) is 4.63. The Hall–Kier alpha value is -1.29. The van der Waals surface area contributed by atoms with Crippen molar-refractivity contribution in [1.29, 1.82) is 0 Å². The van der Waals surface area contributed by atoms with Crippen molar-refractivity contribution in [2.45, 2.75) is 23.6 Å². The predicted octanol–water partition coefficient (Wildman–Crippen LogP) is 5.98. The minimum atomic E-state index is -0.585. The third kappa shape index (κ3) is 2.50. The van der Waals surface area contributed by atoms with Gasteiger partial charge in [-0.1, -0.05) is 69.5 Å². The summed E-state index contributed by atoms with van der Waals surface area (Å²) in [6, 6.07) is 13.7. The Balaban J connectivity index is 1.79. The van der Waals surface area contributed by atoms with Crippen LogP contribution >= 0.6 is 39.1 Å². The molecule has 0 saturated heterocycles. The van der Waals surface area contributed by atoms with Gasteiger partial charge >= 0.3 is 0 Å². The second-order valence-electron chi connectivity index (χ2n) is 6.22. The Morgan fingerprint density at radius 2 is 1.88 bits per heavy atom. The third-order valence-corrected chi connectivity index (χ3v) is 6.53. The summed E-state index contributed by atoms with van der Waals surface area (Å²) in [7, 11) is 0. The minimum Gasteiger partial charge on any atom is -0.352 e. The SMILES string of the molecule is O=C1c2[nH]c3ccc(Cl)c(Cl)c3c2CCC1(Br)Cc1ccccc1. The standard InChI is InChI=1S/C19H14BrCl2NO/c20-19(10-11-4-2-1-3-5-11)9-8-12-15-14(23-17(12)18(19)24)7-6-13(21)16(15)22/h1-7,23H,8-10H2. The zero-order chi connectivity index (χ0) is 16.9.